The molecule has 6 nitrogen and oxygen atoms in total. The molecule has 0 unspecified atom stereocenters. The number of ether oxygens (including phenoxy) is 1. The van der Waals surface area contributed by atoms with Crippen molar-refractivity contribution in [3.8, 4) is 0 Å². The summed E-state index contributed by atoms with van der Waals surface area (Å²) >= 11 is 0. The first kappa shape index (κ1) is 15.5. The first-order valence-electron chi connectivity index (χ1n) is 8.11. The van der Waals surface area contributed by atoms with Crippen LogP contribution in [-0.2, 0) is 23.1 Å². The van der Waals surface area contributed by atoms with Crippen molar-refractivity contribution in [2.45, 2.75) is 25.8 Å². The van der Waals surface area contributed by atoms with Crippen molar-refractivity contribution < 1.29 is 9.53 Å². The molecule has 1 amide bonds. The number of carbonyl (C=O) groups excluding carboxylic acids is 1. The van der Waals surface area contributed by atoms with Crippen molar-refractivity contribution in [1.82, 2.24) is 19.4 Å². The number of likely N-dealkylation sites (tertiary alicyclic amines) is 2. The number of aromatic nitrogens is 2. The fraction of sp³-hybridized carbons (Fsp3) is 0.750. The van der Waals surface area contributed by atoms with E-state index in [1.165, 1.54) is 0 Å². The highest BCUT2D eigenvalue weighted by Gasteiger charge is 2.48. The molecule has 22 heavy (non-hydrogen) atoms. The molecule has 3 heterocycles. The standard InChI is InChI=1S/C16H26N4O2/c1-18-9-6-17-14(18)12-19-7-3-4-16(13-19)5-8-20(15(16)21)10-11-22-2/h6,9H,3-5,7-8,10-13H2,1-2H3/t16-/m1/s1. The Morgan fingerprint density at radius 2 is 2.23 bits per heavy atom. The van der Waals surface area contributed by atoms with Gasteiger partial charge in [-0.25, -0.2) is 4.98 Å². The van der Waals surface area contributed by atoms with Crippen molar-refractivity contribution in [3.05, 3.63) is 18.2 Å². The predicted octanol–water partition coefficient (Wildman–Crippen LogP) is 0.881. The maximum Gasteiger partial charge on any atom is 0.230 e. The smallest absolute Gasteiger partial charge is 0.230 e. The van der Waals surface area contributed by atoms with Gasteiger partial charge in [-0.2, -0.15) is 0 Å². The lowest BCUT2D eigenvalue weighted by molar-refractivity contribution is -0.139. The molecule has 2 aliphatic heterocycles. The fourth-order valence-corrected chi connectivity index (χ4v) is 3.80. The second-order valence-corrected chi connectivity index (χ2v) is 6.58. The highest BCUT2D eigenvalue weighted by Crippen LogP contribution is 2.40. The van der Waals surface area contributed by atoms with Gasteiger partial charge in [-0.1, -0.05) is 0 Å². The molecule has 1 aromatic heterocycles. The normalized spacial score (nSPS) is 26.3. The lowest BCUT2D eigenvalue weighted by Gasteiger charge is -2.38. The van der Waals surface area contributed by atoms with E-state index in [0.717, 1.165) is 57.8 Å². The maximum atomic E-state index is 12.8. The summed E-state index contributed by atoms with van der Waals surface area (Å²) in [5.41, 5.74) is -0.169. The van der Waals surface area contributed by atoms with Crippen LogP contribution in [0.3, 0.4) is 0 Å². The lowest BCUT2D eigenvalue weighted by atomic mass is 9.78. The van der Waals surface area contributed by atoms with Crippen LogP contribution in [0.2, 0.25) is 0 Å². The molecule has 0 aromatic carbocycles. The number of nitrogens with zero attached hydrogens (tertiary/aromatic N) is 4. The van der Waals surface area contributed by atoms with Crippen LogP contribution in [0.1, 0.15) is 25.1 Å². The van der Waals surface area contributed by atoms with Crippen LogP contribution in [0.25, 0.3) is 0 Å². The van der Waals surface area contributed by atoms with Gasteiger partial charge in [0.05, 0.1) is 18.6 Å². The lowest BCUT2D eigenvalue weighted by Crippen LogP contribution is -2.48. The highest BCUT2D eigenvalue weighted by atomic mass is 16.5. The SMILES string of the molecule is COCCN1CC[C@@]2(CCCN(Cc3nccn3C)C2)C1=O. The van der Waals surface area contributed by atoms with E-state index < -0.39 is 0 Å². The van der Waals surface area contributed by atoms with Gasteiger partial charge in [-0.15, -0.1) is 0 Å². The van der Waals surface area contributed by atoms with Gasteiger partial charge in [0.15, 0.2) is 0 Å². The number of aryl methyl sites for hydroxylation is 1. The Kier molecular flexibility index (Phi) is 4.49. The summed E-state index contributed by atoms with van der Waals surface area (Å²) in [5.74, 6) is 1.40. The molecule has 2 saturated heterocycles. The highest BCUT2D eigenvalue weighted by molar-refractivity contribution is 5.85. The number of hydrogen-bond donors (Lipinski definition) is 0. The third kappa shape index (κ3) is 2.90. The molecule has 2 aliphatic rings. The zero-order valence-corrected chi connectivity index (χ0v) is 13.6. The zero-order chi connectivity index (χ0) is 15.6. The van der Waals surface area contributed by atoms with Crippen molar-refractivity contribution in [2.24, 2.45) is 12.5 Å². The van der Waals surface area contributed by atoms with Gasteiger partial charge in [0.25, 0.3) is 0 Å². The molecule has 0 N–H and O–H groups in total. The van der Waals surface area contributed by atoms with Crippen LogP contribution >= 0.6 is 0 Å². The Balaban J connectivity index is 1.65. The summed E-state index contributed by atoms with van der Waals surface area (Å²) in [5, 5.41) is 0. The van der Waals surface area contributed by atoms with Gasteiger partial charge in [-0.05, 0) is 25.8 Å². The third-order valence-corrected chi connectivity index (χ3v) is 5.11. The monoisotopic (exact) mass is 306 g/mol. The van der Waals surface area contributed by atoms with E-state index in [4.69, 9.17) is 4.74 Å². The van der Waals surface area contributed by atoms with E-state index in [9.17, 15) is 4.79 Å². The fourth-order valence-electron chi connectivity index (χ4n) is 3.80. The summed E-state index contributed by atoms with van der Waals surface area (Å²) in [6.45, 7) is 4.96. The Hall–Kier alpha value is -1.40. The molecule has 2 fully saturated rings. The number of hydrogen-bond acceptors (Lipinski definition) is 4. The third-order valence-electron chi connectivity index (χ3n) is 5.11. The molecule has 0 aliphatic carbocycles. The van der Waals surface area contributed by atoms with E-state index in [-0.39, 0.29) is 5.41 Å². The molecule has 1 spiro atoms. The minimum atomic E-state index is -0.169. The molecule has 6 heteroatoms. The average molecular weight is 306 g/mol. The Bertz CT molecular complexity index is 530. The minimum absolute atomic E-state index is 0.169. The maximum absolute atomic E-state index is 12.8. The molecule has 0 saturated carbocycles. The Morgan fingerprint density at radius 1 is 1.36 bits per heavy atom. The van der Waals surface area contributed by atoms with Gasteiger partial charge in [0, 0.05) is 46.2 Å². The number of piperidine rings is 1. The second kappa shape index (κ2) is 6.38. The van der Waals surface area contributed by atoms with Gasteiger partial charge in [-0.3, -0.25) is 9.69 Å². The quantitative estimate of drug-likeness (QED) is 0.810. The molecule has 122 valence electrons. The van der Waals surface area contributed by atoms with Crippen LogP contribution < -0.4 is 0 Å². The number of rotatable bonds is 5. The van der Waals surface area contributed by atoms with Gasteiger partial charge >= 0.3 is 0 Å². The zero-order valence-electron chi connectivity index (χ0n) is 13.6. The van der Waals surface area contributed by atoms with Crippen molar-refractivity contribution in [2.75, 3.05) is 39.9 Å². The molecule has 0 bridgehead atoms. The number of methoxy groups -OCH3 is 1. The van der Waals surface area contributed by atoms with Crippen molar-refractivity contribution in [3.63, 3.8) is 0 Å². The summed E-state index contributed by atoms with van der Waals surface area (Å²) in [4.78, 5) is 21.6. The van der Waals surface area contributed by atoms with Gasteiger partial charge in [0.2, 0.25) is 5.91 Å². The van der Waals surface area contributed by atoms with Crippen LogP contribution in [0.15, 0.2) is 12.4 Å². The second-order valence-electron chi connectivity index (χ2n) is 6.58. The van der Waals surface area contributed by atoms with E-state index in [1.807, 2.05) is 24.3 Å². The molecule has 1 aromatic rings. The molecular formula is C16H26N4O2. The largest absolute Gasteiger partial charge is 0.383 e. The van der Waals surface area contributed by atoms with E-state index in [2.05, 4.69) is 14.5 Å². The molecule has 0 radical (unpaired) electrons. The van der Waals surface area contributed by atoms with Crippen LogP contribution in [0, 0.1) is 5.41 Å². The van der Waals surface area contributed by atoms with Crippen molar-refractivity contribution in [1.29, 1.82) is 0 Å². The van der Waals surface area contributed by atoms with Crippen LogP contribution in [-0.4, -0.2) is 65.2 Å². The average Bonchev–Trinajstić information content (AvgIpc) is 3.04. The first-order valence-corrected chi connectivity index (χ1v) is 8.11. The number of amides is 1. The van der Waals surface area contributed by atoms with Gasteiger partial charge < -0.3 is 14.2 Å². The molecular weight excluding hydrogens is 280 g/mol. The summed E-state index contributed by atoms with van der Waals surface area (Å²) in [6.07, 6.45) is 6.90. The minimum Gasteiger partial charge on any atom is -0.383 e. The predicted molar refractivity (Wildman–Crippen MR) is 83.2 cm³/mol. The number of carbonyl (C=O) groups is 1. The summed E-state index contributed by atoms with van der Waals surface area (Å²) in [7, 11) is 3.71. The molecule has 1 atom stereocenters. The van der Waals surface area contributed by atoms with Gasteiger partial charge in [0.1, 0.15) is 5.82 Å². The van der Waals surface area contributed by atoms with Crippen molar-refractivity contribution >= 4 is 5.91 Å². The number of imidazole rings is 1. The Morgan fingerprint density at radius 3 is 2.95 bits per heavy atom. The van der Waals surface area contributed by atoms with E-state index >= 15 is 0 Å². The molecule has 3 rings (SSSR count). The Labute approximate surface area is 132 Å². The van der Waals surface area contributed by atoms with E-state index in [1.54, 1.807) is 7.11 Å². The van der Waals surface area contributed by atoms with E-state index in [0.29, 0.717) is 12.5 Å². The van der Waals surface area contributed by atoms with Crippen LogP contribution in [0.5, 0.6) is 0 Å². The summed E-state index contributed by atoms with van der Waals surface area (Å²) < 4.78 is 7.18. The summed E-state index contributed by atoms with van der Waals surface area (Å²) in [6, 6.07) is 0. The van der Waals surface area contributed by atoms with Crippen LogP contribution in [0.4, 0.5) is 0 Å². The topological polar surface area (TPSA) is 50.6 Å². The first-order chi connectivity index (χ1) is 10.6.